The molecule has 0 unspecified atom stereocenters. The molecule has 0 N–H and O–H groups in total. The summed E-state index contributed by atoms with van der Waals surface area (Å²) < 4.78 is 2.54. The van der Waals surface area contributed by atoms with Crippen LogP contribution in [0, 0.1) is 0 Å². The van der Waals surface area contributed by atoms with Crippen molar-refractivity contribution in [2.24, 2.45) is 0 Å². The van der Waals surface area contributed by atoms with E-state index in [2.05, 4.69) is 47.1 Å². The largest absolute Gasteiger partial charge is 0.319 e. The summed E-state index contributed by atoms with van der Waals surface area (Å²) in [6, 6.07) is 0.767. The van der Waals surface area contributed by atoms with Gasteiger partial charge in [0.2, 0.25) is 0 Å². The van der Waals surface area contributed by atoms with Crippen LogP contribution in [0.4, 0.5) is 0 Å². The predicted octanol–water partition coefficient (Wildman–Crippen LogP) is 1.15. The maximum atomic E-state index is 2.54. The molecule has 0 saturated carbocycles. The lowest BCUT2D eigenvalue weighted by Gasteiger charge is -2.21. The van der Waals surface area contributed by atoms with Crippen LogP contribution in [-0.2, 0) is 0 Å². The fraction of sp³-hybridized carbons (Fsp3) is 1.00. The van der Waals surface area contributed by atoms with Gasteiger partial charge in [0.1, 0.15) is 0 Å². The maximum absolute atomic E-state index is 2.54. The minimum Gasteiger partial charge on any atom is -0.319 e. The smallest absolute Gasteiger partial charge is 0.166 e. The number of hydrogen-bond acceptors (Lipinski definition) is 1. The van der Waals surface area contributed by atoms with E-state index in [1.165, 1.54) is 6.54 Å². The second-order valence-electron chi connectivity index (χ2n) is 2.12. The Morgan fingerprint density at radius 2 is 2.12 bits per heavy atom. The van der Waals surface area contributed by atoms with Gasteiger partial charge in [0.25, 0.3) is 0 Å². The molecule has 0 aromatic heterocycles. The standard InChI is InChI=1S/C5H14INSi/c1-4-7(8-6)5(2)3/h5H,4,8H2,1-3H3. The Balaban J connectivity index is 3.35. The van der Waals surface area contributed by atoms with E-state index in [9.17, 15) is 0 Å². The van der Waals surface area contributed by atoms with Gasteiger partial charge in [0.15, 0.2) is 7.18 Å². The van der Waals surface area contributed by atoms with Gasteiger partial charge in [0, 0.05) is 0 Å². The molecule has 0 atom stereocenters. The quantitative estimate of drug-likeness (QED) is 0.408. The van der Waals surface area contributed by atoms with E-state index in [1.807, 2.05) is 0 Å². The first-order valence-corrected chi connectivity index (χ1v) is 8.76. The van der Waals surface area contributed by atoms with Gasteiger partial charge in [-0.05, 0) is 12.6 Å². The Labute approximate surface area is 66.9 Å². The third-order valence-corrected chi connectivity index (χ3v) is 5.40. The molecule has 0 aliphatic carbocycles. The summed E-state index contributed by atoms with van der Waals surface area (Å²) in [5.41, 5.74) is 0. The molecule has 0 aliphatic heterocycles. The van der Waals surface area contributed by atoms with Crippen molar-refractivity contribution >= 4 is 29.0 Å². The van der Waals surface area contributed by atoms with Crippen LogP contribution in [0.3, 0.4) is 0 Å². The summed E-state index contributed by atoms with van der Waals surface area (Å²) in [6.07, 6.45) is 0. The summed E-state index contributed by atoms with van der Waals surface area (Å²) in [7, 11) is 0.0838. The van der Waals surface area contributed by atoms with Crippen LogP contribution in [0.2, 0.25) is 0 Å². The van der Waals surface area contributed by atoms with Crippen molar-refractivity contribution in [2.45, 2.75) is 26.8 Å². The van der Waals surface area contributed by atoms with E-state index >= 15 is 0 Å². The van der Waals surface area contributed by atoms with E-state index in [1.54, 1.807) is 0 Å². The van der Waals surface area contributed by atoms with Crippen LogP contribution in [0.15, 0.2) is 0 Å². The Morgan fingerprint density at radius 3 is 2.12 bits per heavy atom. The van der Waals surface area contributed by atoms with E-state index in [0.29, 0.717) is 0 Å². The molecule has 1 nitrogen and oxygen atoms in total. The minimum absolute atomic E-state index is 0.0838. The molecular formula is C5H14INSi. The lowest BCUT2D eigenvalue weighted by molar-refractivity contribution is 0.397. The van der Waals surface area contributed by atoms with Crippen molar-refractivity contribution in [1.82, 2.24) is 4.57 Å². The van der Waals surface area contributed by atoms with Gasteiger partial charge in [-0.2, -0.15) is 0 Å². The van der Waals surface area contributed by atoms with Gasteiger partial charge in [-0.15, -0.1) is 21.8 Å². The van der Waals surface area contributed by atoms with Gasteiger partial charge in [-0.25, -0.2) is 0 Å². The van der Waals surface area contributed by atoms with Crippen LogP contribution in [0.5, 0.6) is 0 Å². The van der Waals surface area contributed by atoms with Crippen LogP contribution in [0.25, 0.3) is 0 Å². The molecule has 8 heavy (non-hydrogen) atoms. The number of nitrogens with zero attached hydrogens (tertiary/aromatic N) is 1. The van der Waals surface area contributed by atoms with Gasteiger partial charge >= 0.3 is 0 Å². The summed E-state index contributed by atoms with van der Waals surface area (Å²) in [4.78, 5) is 0. The number of hydrogen-bond donors (Lipinski definition) is 0. The fourth-order valence-electron chi connectivity index (χ4n) is 0.588. The topological polar surface area (TPSA) is 3.24 Å². The lowest BCUT2D eigenvalue weighted by atomic mass is 10.4. The molecule has 0 amide bonds. The molecule has 0 aliphatic rings. The van der Waals surface area contributed by atoms with Crippen LogP contribution >= 0.6 is 21.8 Å². The summed E-state index contributed by atoms with van der Waals surface area (Å²) >= 11 is 2.53. The van der Waals surface area contributed by atoms with Gasteiger partial charge in [0.05, 0.1) is 0 Å². The molecule has 0 saturated heterocycles. The Kier molecular flexibility index (Phi) is 5.29. The molecule has 0 heterocycles. The lowest BCUT2D eigenvalue weighted by Crippen LogP contribution is -2.31. The van der Waals surface area contributed by atoms with Crippen molar-refractivity contribution in [3.63, 3.8) is 0 Å². The molecule has 3 heteroatoms. The van der Waals surface area contributed by atoms with E-state index < -0.39 is 0 Å². The van der Waals surface area contributed by atoms with E-state index in [-0.39, 0.29) is 7.18 Å². The van der Waals surface area contributed by atoms with Gasteiger partial charge in [-0.3, -0.25) is 0 Å². The Morgan fingerprint density at radius 1 is 1.62 bits per heavy atom. The molecule has 0 rings (SSSR count). The second-order valence-corrected chi connectivity index (χ2v) is 5.22. The van der Waals surface area contributed by atoms with Crippen molar-refractivity contribution in [3.05, 3.63) is 0 Å². The third-order valence-electron chi connectivity index (χ3n) is 1.29. The predicted molar refractivity (Wildman–Crippen MR) is 50.1 cm³/mol. The molecule has 0 radical (unpaired) electrons. The van der Waals surface area contributed by atoms with Crippen molar-refractivity contribution in [2.75, 3.05) is 6.54 Å². The normalized spacial score (nSPS) is 12.8. The number of rotatable bonds is 3. The monoisotopic (exact) mass is 243 g/mol. The van der Waals surface area contributed by atoms with Crippen LogP contribution in [-0.4, -0.2) is 24.3 Å². The zero-order valence-electron chi connectivity index (χ0n) is 5.82. The average Bonchev–Trinajstić information content (AvgIpc) is 1.69. The summed E-state index contributed by atoms with van der Waals surface area (Å²) in [6.45, 7) is 7.98. The van der Waals surface area contributed by atoms with Crippen molar-refractivity contribution in [1.29, 1.82) is 0 Å². The zero-order chi connectivity index (χ0) is 6.57. The maximum Gasteiger partial charge on any atom is 0.166 e. The first-order chi connectivity index (χ1) is 3.72. The van der Waals surface area contributed by atoms with Gasteiger partial charge < -0.3 is 4.57 Å². The van der Waals surface area contributed by atoms with Gasteiger partial charge in [-0.1, -0.05) is 20.8 Å². The Bertz CT molecular complexity index is 54.4. The highest BCUT2D eigenvalue weighted by molar-refractivity contribution is 14.1. The molecule has 0 bridgehead atoms. The van der Waals surface area contributed by atoms with E-state index in [4.69, 9.17) is 0 Å². The first kappa shape index (κ1) is 8.91. The third kappa shape index (κ3) is 3.04. The minimum atomic E-state index is 0.0838. The number of halogens is 1. The Hall–Kier alpha value is 0.907. The van der Waals surface area contributed by atoms with Crippen LogP contribution in [0.1, 0.15) is 20.8 Å². The first-order valence-electron chi connectivity index (χ1n) is 3.02. The van der Waals surface area contributed by atoms with Crippen molar-refractivity contribution < 1.29 is 0 Å². The molecule has 0 aromatic rings. The highest BCUT2D eigenvalue weighted by Crippen LogP contribution is 1.96. The summed E-state index contributed by atoms with van der Waals surface area (Å²) in [5, 5.41) is 0. The molecule has 0 spiro atoms. The fourth-order valence-corrected chi connectivity index (χ4v) is 4.84. The highest BCUT2D eigenvalue weighted by atomic mass is 127. The van der Waals surface area contributed by atoms with E-state index in [0.717, 1.165) is 6.04 Å². The molecule has 50 valence electrons. The molecular weight excluding hydrogens is 229 g/mol. The summed E-state index contributed by atoms with van der Waals surface area (Å²) in [5.74, 6) is 0. The van der Waals surface area contributed by atoms with Crippen LogP contribution < -0.4 is 0 Å². The van der Waals surface area contributed by atoms with Crippen molar-refractivity contribution in [3.8, 4) is 0 Å². The SMILES string of the molecule is CCN([SiH2]I)C(C)C. The molecule has 0 fully saturated rings. The second kappa shape index (κ2) is 4.75. The average molecular weight is 243 g/mol. The highest BCUT2D eigenvalue weighted by Gasteiger charge is 2.02. The zero-order valence-corrected chi connectivity index (χ0v) is 9.39. The molecule has 0 aromatic carbocycles.